The van der Waals surface area contributed by atoms with Crippen molar-refractivity contribution in [1.29, 1.82) is 0 Å². The Kier molecular flexibility index (Phi) is 7.08. The van der Waals surface area contributed by atoms with Crippen molar-refractivity contribution in [2.24, 2.45) is 4.99 Å². The molecule has 1 aliphatic carbocycles. The van der Waals surface area contributed by atoms with Crippen LogP contribution in [0.15, 0.2) is 71.9 Å². The third-order valence-electron chi connectivity index (χ3n) is 6.66. The normalized spacial score (nSPS) is 14.7. The topological polar surface area (TPSA) is 73.6 Å². The molecule has 198 valence electrons. The first-order valence-corrected chi connectivity index (χ1v) is 13.2. The molecule has 2 aromatic carbocycles. The summed E-state index contributed by atoms with van der Waals surface area (Å²) in [6.07, 6.45) is 3.32. The molecule has 0 spiro atoms. The van der Waals surface area contributed by atoms with E-state index in [9.17, 15) is 4.39 Å². The van der Waals surface area contributed by atoms with Crippen LogP contribution in [0.2, 0.25) is 10.0 Å². The number of aromatic nitrogens is 3. The number of halogens is 3. The van der Waals surface area contributed by atoms with E-state index in [0.717, 1.165) is 35.3 Å². The lowest BCUT2D eigenvalue weighted by atomic mass is 10.1. The minimum absolute atomic E-state index is 0.105. The molecule has 3 aliphatic rings. The zero-order valence-corrected chi connectivity index (χ0v) is 22.5. The first kappa shape index (κ1) is 25.6. The van der Waals surface area contributed by atoms with Crippen LogP contribution >= 0.6 is 23.2 Å². The van der Waals surface area contributed by atoms with Gasteiger partial charge in [0.25, 0.3) is 0 Å². The number of hydrogen-bond donors (Lipinski definition) is 1. The van der Waals surface area contributed by atoms with E-state index in [2.05, 4.69) is 10.3 Å². The molecule has 1 saturated heterocycles. The fraction of sp³-hybridized carbons (Fsp3) is 0.207. The van der Waals surface area contributed by atoms with Gasteiger partial charge in [-0.25, -0.2) is 14.4 Å². The SMILES string of the molecule is COc1ncccc1Nc1cc2nc3cc(F)ccc3n(-c3ccc(Cl)c(Cl)c3)c-2c/c1=N\C1CCOCC1. The van der Waals surface area contributed by atoms with E-state index in [1.54, 1.807) is 31.5 Å². The summed E-state index contributed by atoms with van der Waals surface area (Å²) < 4.78 is 27.3. The fourth-order valence-corrected chi connectivity index (χ4v) is 5.08. The molecule has 7 nitrogen and oxygen atoms in total. The average Bonchev–Trinajstić information content (AvgIpc) is 2.94. The number of benzene rings is 3. The van der Waals surface area contributed by atoms with Gasteiger partial charge in [0.15, 0.2) is 0 Å². The molecule has 2 aliphatic heterocycles. The largest absolute Gasteiger partial charge is 0.480 e. The smallest absolute Gasteiger partial charge is 0.237 e. The molecule has 10 heteroatoms. The van der Waals surface area contributed by atoms with E-state index in [4.69, 9.17) is 42.7 Å². The van der Waals surface area contributed by atoms with Crippen LogP contribution in [0.4, 0.5) is 15.8 Å². The number of anilines is 2. The van der Waals surface area contributed by atoms with Gasteiger partial charge in [-0.3, -0.25) is 4.99 Å². The summed E-state index contributed by atoms with van der Waals surface area (Å²) in [7, 11) is 1.57. The van der Waals surface area contributed by atoms with Gasteiger partial charge in [0.1, 0.15) is 11.5 Å². The average molecular weight is 564 g/mol. The standard InChI is InChI=1S/C29H24Cl2FN5O2/c1-38-29-22(3-2-10-33-29)35-23-15-26-28(16-24(23)34-18-8-11-39-12-9-18)37(19-5-6-20(30)21(31)14-19)27-7-4-17(32)13-25(27)36-26/h2-7,10,13-16,18,35H,8-9,11-12H2,1H3/b34-24+. The summed E-state index contributed by atoms with van der Waals surface area (Å²) in [6, 6.07) is 17.7. The Bertz CT molecular complexity index is 1720. The maximum atomic E-state index is 14.3. The van der Waals surface area contributed by atoms with Crippen molar-refractivity contribution >= 4 is 45.6 Å². The van der Waals surface area contributed by atoms with E-state index in [1.807, 2.05) is 34.9 Å². The zero-order chi connectivity index (χ0) is 26.9. The minimum atomic E-state index is -0.375. The Morgan fingerprint density at radius 3 is 2.67 bits per heavy atom. The van der Waals surface area contributed by atoms with Crippen molar-refractivity contribution < 1.29 is 13.9 Å². The Balaban J connectivity index is 1.64. The second-order valence-corrected chi connectivity index (χ2v) is 10.0. The lowest BCUT2D eigenvalue weighted by Crippen LogP contribution is -2.23. The highest BCUT2D eigenvalue weighted by Gasteiger charge is 2.20. The molecule has 0 amide bonds. The summed E-state index contributed by atoms with van der Waals surface area (Å²) in [6.45, 7) is 1.34. The van der Waals surface area contributed by atoms with Crippen molar-refractivity contribution in [3.63, 3.8) is 0 Å². The molecule has 1 aromatic heterocycles. The third-order valence-corrected chi connectivity index (χ3v) is 7.40. The van der Waals surface area contributed by atoms with Crippen LogP contribution in [0.25, 0.3) is 28.1 Å². The van der Waals surface area contributed by atoms with Crippen LogP contribution in [0.3, 0.4) is 0 Å². The highest BCUT2D eigenvalue weighted by molar-refractivity contribution is 6.42. The monoisotopic (exact) mass is 563 g/mol. The number of nitrogens with one attached hydrogen (secondary N) is 1. The number of fused-ring (bicyclic) bond motifs is 2. The summed E-state index contributed by atoms with van der Waals surface area (Å²) in [4.78, 5) is 14.3. The second kappa shape index (κ2) is 10.8. The van der Waals surface area contributed by atoms with Gasteiger partial charge in [0, 0.05) is 31.2 Å². The lowest BCUT2D eigenvalue weighted by molar-refractivity contribution is 0.0864. The molecular weight excluding hydrogens is 540 g/mol. The van der Waals surface area contributed by atoms with Gasteiger partial charge >= 0.3 is 0 Å². The highest BCUT2D eigenvalue weighted by atomic mass is 35.5. The Morgan fingerprint density at radius 2 is 1.87 bits per heavy atom. The van der Waals surface area contributed by atoms with E-state index in [-0.39, 0.29) is 11.9 Å². The number of rotatable bonds is 5. The van der Waals surface area contributed by atoms with Crippen LogP contribution in [0.1, 0.15) is 12.8 Å². The van der Waals surface area contributed by atoms with Gasteiger partial charge in [-0.05, 0) is 67.4 Å². The lowest BCUT2D eigenvalue weighted by Gasteiger charge is -2.22. The van der Waals surface area contributed by atoms with Gasteiger partial charge < -0.3 is 19.4 Å². The van der Waals surface area contributed by atoms with E-state index in [0.29, 0.717) is 51.6 Å². The van der Waals surface area contributed by atoms with Crippen molar-refractivity contribution in [1.82, 2.24) is 14.5 Å². The van der Waals surface area contributed by atoms with Crippen molar-refractivity contribution in [3.8, 4) is 23.0 Å². The first-order chi connectivity index (χ1) is 19.0. The first-order valence-electron chi connectivity index (χ1n) is 12.5. The van der Waals surface area contributed by atoms with Gasteiger partial charge in [-0.15, -0.1) is 0 Å². The summed E-state index contributed by atoms with van der Waals surface area (Å²) >= 11 is 12.6. The molecule has 0 radical (unpaired) electrons. The Hall–Kier alpha value is -3.72. The molecule has 1 fully saturated rings. The molecule has 3 heterocycles. The van der Waals surface area contributed by atoms with E-state index >= 15 is 0 Å². The predicted octanol–water partition coefficient (Wildman–Crippen LogP) is 6.80. The van der Waals surface area contributed by atoms with Gasteiger partial charge in [0.2, 0.25) is 5.88 Å². The zero-order valence-electron chi connectivity index (χ0n) is 21.0. The van der Waals surface area contributed by atoms with Crippen LogP contribution in [0, 0.1) is 5.82 Å². The molecule has 1 N–H and O–H groups in total. The second-order valence-electron chi connectivity index (χ2n) is 9.19. The molecule has 3 aromatic rings. The van der Waals surface area contributed by atoms with Crippen LogP contribution < -0.4 is 15.4 Å². The number of methoxy groups -OCH3 is 1. The minimum Gasteiger partial charge on any atom is -0.480 e. The Morgan fingerprint density at radius 1 is 1.03 bits per heavy atom. The number of ether oxygens (including phenoxy) is 2. The number of pyridine rings is 1. The summed E-state index contributed by atoms with van der Waals surface area (Å²) in [5.74, 6) is 0.0775. The number of hydrogen-bond acceptors (Lipinski definition) is 6. The van der Waals surface area contributed by atoms with Crippen LogP contribution in [-0.2, 0) is 4.74 Å². The molecule has 6 rings (SSSR count). The van der Waals surface area contributed by atoms with Crippen LogP contribution in [0.5, 0.6) is 5.88 Å². The third kappa shape index (κ3) is 5.15. The molecule has 39 heavy (non-hydrogen) atoms. The molecule has 0 bridgehead atoms. The van der Waals surface area contributed by atoms with Crippen molar-refractivity contribution in [3.05, 3.63) is 88.1 Å². The Labute approximate surface area is 234 Å². The van der Waals surface area contributed by atoms with Crippen molar-refractivity contribution in [2.75, 3.05) is 25.6 Å². The van der Waals surface area contributed by atoms with Gasteiger partial charge in [0.05, 0.1) is 56.7 Å². The summed E-state index contributed by atoms with van der Waals surface area (Å²) in [5, 5.41) is 5.04. The fourth-order valence-electron chi connectivity index (χ4n) is 4.78. The van der Waals surface area contributed by atoms with Gasteiger partial charge in [-0.1, -0.05) is 23.2 Å². The maximum Gasteiger partial charge on any atom is 0.237 e. The van der Waals surface area contributed by atoms with E-state index < -0.39 is 0 Å². The summed E-state index contributed by atoms with van der Waals surface area (Å²) in [5.41, 5.74) is 4.80. The molecule has 0 saturated carbocycles. The van der Waals surface area contributed by atoms with Crippen LogP contribution in [-0.4, -0.2) is 40.9 Å². The molecule has 0 atom stereocenters. The molecule has 0 unspecified atom stereocenters. The van der Waals surface area contributed by atoms with E-state index in [1.165, 1.54) is 12.1 Å². The van der Waals surface area contributed by atoms with Gasteiger partial charge in [-0.2, -0.15) is 0 Å². The quantitative estimate of drug-likeness (QED) is 0.238. The predicted molar refractivity (Wildman–Crippen MR) is 151 cm³/mol. The highest BCUT2D eigenvalue weighted by Crippen LogP contribution is 2.34. The van der Waals surface area contributed by atoms with Crippen molar-refractivity contribution in [2.45, 2.75) is 18.9 Å². The molecular formula is C29H24Cl2FN5O2. The number of nitrogens with zero attached hydrogens (tertiary/aromatic N) is 4. The maximum absolute atomic E-state index is 14.3.